The van der Waals surface area contributed by atoms with Gasteiger partial charge in [-0.1, -0.05) is 12.1 Å². The number of hydrogen-bond acceptors (Lipinski definition) is 3. The van der Waals surface area contributed by atoms with Gasteiger partial charge in [0.25, 0.3) is 0 Å². The highest BCUT2D eigenvalue weighted by atomic mass is 19.1. The topological polar surface area (TPSA) is 35.5 Å². The molecule has 0 aliphatic carbocycles. The lowest BCUT2D eigenvalue weighted by Gasteiger charge is -2.12. The van der Waals surface area contributed by atoms with Crippen molar-refractivity contribution in [1.29, 1.82) is 0 Å². The monoisotopic (exact) mass is 274 g/mol. The van der Waals surface area contributed by atoms with Gasteiger partial charge in [-0.25, -0.2) is 4.39 Å². The van der Waals surface area contributed by atoms with Gasteiger partial charge in [0.2, 0.25) is 0 Å². The van der Waals surface area contributed by atoms with E-state index in [1.807, 2.05) is 26.2 Å². The van der Waals surface area contributed by atoms with Crippen LogP contribution in [0.4, 0.5) is 10.1 Å². The summed E-state index contributed by atoms with van der Waals surface area (Å²) in [6, 6.07) is 12.0. The summed E-state index contributed by atoms with van der Waals surface area (Å²) in [5.41, 5.74) is 2.69. The summed E-state index contributed by atoms with van der Waals surface area (Å²) >= 11 is 0. The normalized spacial score (nSPS) is 10.8. The molecule has 0 bridgehead atoms. The van der Waals surface area contributed by atoms with Crippen LogP contribution in [0.1, 0.15) is 11.1 Å². The second kappa shape index (κ2) is 6.39. The van der Waals surface area contributed by atoms with Crippen molar-refractivity contribution in [3.05, 3.63) is 59.4 Å². The molecule has 2 rings (SSSR count). The van der Waals surface area contributed by atoms with Gasteiger partial charge in [-0.2, -0.15) is 0 Å². The van der Waals surface area contributed by atoms with Crippen molar-refractivity contribution < 1.29 is 9.50 Å². The Balaban J connectivity index is 2.05. The molecule has 0 radical (unpaired) electrons. The molecular weight excluding hydrogens is 255 g/mol. The number of phenols is 1. The summed E-state index contributed by atoms with van der Waals surface area (Å²) < 4.78 is 13.1. The largest absolute Gasteiger partial charge is 0.508 e. The molecule has 0 saturated heterocycles. The highest BCUT2D eigenvalue weighted by Gasteiger charge is 2.03. The fourth-order valence-electron chi connectivity index (χ4n) is 2.04. The van der Waals surface area contributed by atoms with Crippen molar-refractivity contribution in [3.8, 4) is 5.75 Å². The number of aromatic hydroxyl groups is 1. The molecule has 0 heterocycles. The quantitative estimate of drug-likeness (QED) is 0.879. The standard InChI is InChI=1S/C16H19FN2O/c1-19(2)11-12-4-3-5-15(8-12)18-10-13-9-14(17)6-7-16(13)20/h3-9,18,20H,10-11H2,1-2H3. The fraction of sp³-hybridized carbons (Fsp3) is 0.250. The van der Waals surface area contributed by atoms with Crippen LogP contribution in [-0.4, -0.2) is 24.1 Å². The Bertz CT molecular complexity index is 584. The van der Waals surface area contributed by atoms with Crippen LogP contribution in [0.5, 0.6) is 5.75 Å². The molecule has 0 aliphatic heterocycles. The molecule has 106 valence electrons. The van der Waals surface area contributed by atoms with Crippen LogP contribution in [0.2, 0.25) is 0 Å². The molecule has 0 spiro atoms. The third-order valence-electron chi connectivity index (χ3n) is 2.95. The van der Waals surface area contributed by atoms with Gasteiger partial charge in [-0.15, -0.1) is 0 Å². The van der Waals surface area contributed by atoms with Crippen LogP contribution < -0.4 is 5.32 Å². The van der Waals surface area contributed by atoms with Gasteiger partial charge in [0.15, 0.2) is 0 Å². The number of nitrogens with zero attached hydrogens (tertiary/aromatic N) is 1. The lowest BCUT2D eigenvalue weighted by atomic mass is 10.1. The van der Waals surface area contributed by atoms with Gasteiger partial charge < -0.3 is 15.3 Å². The lowest BCUT2D eigenvalue weighted by molar-refractivity contribution is 0.402. The predicted molar refractivity (Wildman–Crippen MR) is 79.2 cm³/mol. The van der Waals surface area contributed by atoms with Crippen molar-refractivity contribution in [2.24, 2.45) is 0 Å². The van der Waals surface area contributed by atoms with Crippen molar-refractivity contribution >= 4 is 5.69 Å². The van der Waals surface area contributed by atoms with E-state index in [-0.39, 0.29) is 11.6 Å². The molecule has 0 atom stereocenters. The summed E-state index contributed by atoms with van der Waals surface area (Å²) in [7, 11) is 4.04. The van der Waals surface area contributed by atoms with Crippen molar-refractivity contribution in [1.82, 2.24) is 4.90 Å². The van der Waals surface area contributed by atoms with E-state index in [0.29, 0.717) is 12.1 Å². The number of halogens is 1. The molecule has 2 aromatic carbocycles. The smallest absolute Gasteiger partial charge is 0.123 e. The Morgan fingerprint density at radius 1 is 1.15 bits per heavy atom. The van der Waals surface area contributed by atoms with Crippen molar-refractivity contribution in [2.45, 2.75) is 13.1 Å². The minimum Gasteiger partial charge on any atom is -0.508 e. The molecule has 0 unspecified atom stereocenters. The Morgan fingerprint density at radius 2 is 1.95 bits per heavy atom. The van der Waals surface area contributed by atoms with Crippen LogP contribution in [0.3, 0.4) is 0 Å². The maximum atomic E-state index is 13.1. The van der Waals surface area contributed by atoms with E-state index < -0.39 is 0 Å². The van der Waals surface area contributed by atoms with Gasteiger partial charge in [0, 0.05) is 24.3 Å². The zero-order chi connectivity index (χ0) is 14.5. The van der Waals surface area contributed by atoms with Gasteiger partial charge >= 0.3 is 0 Å². The Labute approximate surface area is 118 Å². The number of benzene rings is 2. The first-order valence-corrected chi connectivity index (χ1v) is 6.49. The molecule has 2 aromatic rings. The van der Waals surface area contributed by atoms with E-state index in [1.165, 1.54) is 23.8 Å². The van der Waals surface area contributed by atoms with E-state index in [4.69, 9.17) is 0 Å². The number of phenolic OH excluding ortho intramolecular Hbond substituents is 1. The molecule has 0 amide bonds. The summed E-state index contributed by atoms with van der Waals surface area (Å²) in [6.45, 7) is 1.25. The van der Waals surface area contributed by atoms with Crippen LogP contribution in [0.15, 0.2) is 42.5 Å². The molecule has 20 heavy (non-hydrogen) atoms. The zero-order valence-electron chi connectivity index (χ0n) is 11.7. The predicted octanol–water partition coefficient (Wildman–Crippen LogP) is 3.21. The number of rotatable bonds is 5. The van der Waals surface area contributed by atoms with Crippen LogP contribution in [0.25, 0.3) is 0 Å². The highest BCUT2D eigenvalue weighted by Crippen LogP contribution is 2.20. The molecule has 0 saturated carbocycles. The Hall–Kier alpha value is -2.07. The average Bonchev–Trinajstić information content (AvgIpc) is 2.39. The lowest BCUT2D eigenvalue weighted by Crippen LogP contribution is -2.10. The summed E-state index contributed by atoms with van der Waals surface area (Å²) in [4.78, 5) is 2.09. The third kappa shape index (κ3) is 3.96. The zero-order valence-corrected chi connectivity index (χ0v) is 11.7. The SMILES string of the molecule is CN(C)Cc1cccc(NCc2cc(F)ccc2O)c1. The van der Waals surface area contributed by atoms with E-state index in [0.717, 1.165) is 12.2 Å². The van der Waals surface area contributed by atoms with Gasteiger partial charge in [-0.3, -0.25) is 0 Å². The molecule has 0 aliphatic rings. The second-order valence-electron chi connectivity index (χ2n) is 5.06. The first-order valence-electron chi connectivity index (χ1n) is 6.49. The second-order valence-corrected chi connectivity index (χ2v) is 5.06. The Morgan fingerprint density at radius 3 is 2.70 bits per heavy atom. The molecule has 3 nitrogen and oxygen atoms in total. The van der Waals surface area contributed by atoms with E-state index >= 15 is 0 Å². The first-order chi connectivity index (χ1) is 9.54. The minimum atomic E-state index is -0.346. The average molecular weight is 274 g/mol. The molecule has 2 N–H and O–H groups in total. The summed E-state index contributed by atoms with van der Waals surface area (Å²) in [5.74, 6) is -0.246. The maximum Gasteiger partial charge on any atom is 0.123 e. The van der Waals surface area contributed by atoms with Gasteiger partial charge in [0.05, 0.1) is 0 Å². The molecule has 0 fully saturated rings. The minimum absolute atomic E-state index is 0.100. The number of anilines is 1. The van der Waals surface area contributed by atoms with Gasteiger partial charge in [-0.05, 0) is 50.0 Å². The summed E-state index contributed by atoms with van der Waals surface area (Å²) in [6.07, 6.45) is 0. The van der Waals surface area contributed by atoms with E-state index in [2.05, 4.69) is 22.3 Å². The molecule has 4 heteroatoms. The Kier molecular flexibility index (Phi) is 4.58. The van der Waals surface area contributed by atoms with Crippen molar-refractivity contribution in [3.63, 3.8) is 0 Å². The first kappa shape index (κ1) is 14.3. The summed E-state index contributed by atoms with van der Waals surface area (Å²) in [5, 5.41) is 12.9. The molecular formula is C16H19FN2O. The van der Waals surface area contributed by atoms with Crippen LogP contribution in [0, 0.1) is 5.82 Å². The fourth-order valence-corrected chi connectivity index (χ4v) is 2.04. The molecule has 0 aromatic heterocycles. The third-order valence-corrected chi connectivity index (χ3v) is 2.95. The van der Waals surface area contributed by atoms with Crippen molar-refractivity contribution in [2.75, 3.05) is 19.4 Å². The number of hydrogen-bond donors (Lipinski definition) is 2. The van der Waals surface area contributed by atoms with Crippen LogP contribution >= 0.6 is 0 Å². The van der Waals surface area contributed by atoms with E-state index in [1.54, 1.807) is 0 Å². The van der Waals surface area contributed by atoms with E-state index in [9.17, 15) is 9.50 Å². The maximum absolute atomic E-state index is 13.1. The van der Waals surface area contributed by atoms with Gasteiger partial charge in [0.1, 0.15) is 11.6 Å². The number of nitrogens with one attached hydrogen (secondary N) is 1. The van der Waals surface area contributed by atoms with Crippen LogP contribution in [-0.2, 0) is 13.1 Å². The highest BCUT2D eigenvalue weighted by molar-refractivity contribution is 5.47.